The monoisotopic (exact) mass is 483 g/mol. The van der Waals surface area contributed by atoms with Gasteiger partial charge in [0.25, 0.3) is 0 Å². The number of rotatable bonds is 24. The van der Waals surface area contributed by atoms with Gasteiger partial charge in [-0.3, -0.25) is 9.59 Å². The summed E-state index contributed by atoms with van der Waals surface area (Å²) in [6, 6.07) is -1.12. The number of nitrogens with one attached hydrogen (secondary N) is 1. The molecule has 0 aliphatic heterocycles. The van der Waals surface area contributed by atoms with Crippen LogP contribution in [0.3, 0.4) is 0 Å². The molecule has 0 aliphatic carbocycles. The summed E-state index contributed by atoms with van der Waals surface area (Å²) in [5.74, 6) is -2.02. The Bertz CT molecular complexity index is 523. The zero-order valence-electron chi connectivity index (χ0n) is 22.4. The minimum Gasteiger partial charge on any atom is -0.481 e. The van der Waals surface area contributed by atoms with Crippen LogP contribution in [-0.4, -0.2) is 35.1 Å². The molecule has 6 nitrogen and oxygen atoms in total. The molecule has 0 saturated heterocycles. The van der Waals surface area contributed by atoms with E-state index < -0.39 is 24.4 Å². The van der Waals surface area contributed by atoms with Crippen LogP contribution in [0.4, 0.5) is 0 Å². The zero-order valence-corrected chi connectivity index (χ0v) is 22.4. The van der Waals surface area contributed by atoms with Gasteiger partial charge in [0, 0.05) is 6.42 Å². The number of hydrogen-bond acceptors (Lipinski definition) is 4. The van der Waals surface area contributed by atoms with Gasteiger partial charge >= 0.3 is 11.9 Å². The van der Waals surface area contributed by atoms with Crippen LogP contribution in [0.2, 0.25) is 0 Å². The molecular weight excluding hydrogens is 430 g/mol. The van der Waals surface area contributed by atoms with Crippen LogP contribution in [0.5, 0.6) is 0 Å². The summed E-state index contributed by atoms with van der Waals surface area (Å²) in [6.45, 7) is 6.39. The van der Waals surface area contributed by atoms with Crippen LogP contribution < -0.4 is 5.32 Å². The molecule has 0 spiro atoms. The Hall–Kier alpha value is -1.59. The molecule has 0 fully saturated rings. The Balaban J connectivity index is 4.25. The Morgan fingerprint density at radius 2 is 1.18 bits per heavy atom. The van der Waals surface area contributed by atoms with Gasteiger partial charge in [-0.2, -0.15) is 0 Å². The SMILES string of the molecule is CCCCCCCCCCCC(=O)N[C@@H](CC(=O)O)C(=O)OC(CC)CCCCCCCCC. The number of hydrogen-bond donors (Lipinski definition) is 2. The molecule has 0 aliphatic rings. The summed E-state index contributed by atoms with van der Waals surface area (Å²) in [4.78, 5) is 36.2. The highest BCUT2D eigenvalue weighted by atomic mass is 16.5. The lowest BCUT2D eigenvalue weighted by Gasteiger charge is -2.21. The fraction of sp³-hybridized carbons (Fsp3) is 0.893. The van der Waals surface area contributed by atoms with Crippen molar-refractivity contribution < 1.29 is 24.2 Å². The first-order chi connectivity index (χ1) is 16.4. The smallest absolute Gasteiger partial charge is 0.329 e. The standard InChI is InChI=1S/C28H53NO5/c1-4-7-9-11-13-14-16-18-20-22-26(30)29-25(23-27(31)32)28(33)34-24(6-3)21-19-17-15-12-10-8-5-2/h24-25H,4-23H2,1-3H3,(H,29,30)(H,31,32)/t24?,25-/m0/s1. The first-order valence-corrected chi connectivity index (χ1v) is 14.2. The van der Waals surface area contributed by atoms with Gasteiger partial charge in [0.15, 0.2) is 0 Å². The van der Waals surface area contributed by atoms with Gasteiger partial charge in [-0.1, -0.05) is 111 Å². The Kier molecular flexibility index (Phi) is 22.1. The van der Waals surface area contributed by atoms with Gasteiger partial charge in [-0.15, -0.1) is 0 Å². The third-order valence-electron chi connectivity index (χ3n) is 6.37. The van der Waals surface area contributed by atoms with Crippen LogP contribution in [-0.2, 0) is 19.1 Å². The van der Waals surface area contributed by atoms with Crippen LogP contribution >= 0.6 is 0 Å². The van der Waals surface area contributed by atoms with Crippen LogP contribution in [0.1, 0.15) is 149 Å². The molecule has 200 valence electrons. The molecule has 1 unspecified atom stereocenters. The molecule has 0 aromatic rings. The molecule has 0 aromatic carbocycles. The molecule has 2 N–H and O–H groups in total. The lowest BCUT2D eigenvalue weighted by atomic mass is 10.0. The van der Waals surface area contributed by atoms with Crippen molar-refractivity contribution in [3.05, 3.63) is 0 Å². The third kappa shape index (κ3) is 19.8. The van der Waals surface area contributed by atoms with E-state index in [2.05, 4.69) is 19.2 Å². The topological polar surface area (TPSA) is 92.7 Å². The molecule has 34 heavy (non-hydrogen) atoms. The normalized spacial score (nSPS) is 12.8. The second kappa shape index (κ2) is 23.2. The summed E-state index contributed by atoms with van der Waals surface area (Å²) in [6.07, 6.45) is 19.9. The maximum Gasteiger partial charge on any atom is 0.329 e. The van der Waals surface area contributed by atoms with Gasteiger partial charge in [0.05, 0.1) is 6.42 Å². The van der Waals surface area contributed by atoms with E-state index in [1.807, 2.05) is 6.92 Å². The van der Waals surface area contributed by atoms with Gasteiger partial charge in [0.2, 0.25) is 5.91 Å². The van der Waals surface area contributed by atoms with Crippen molar-refractivity contribution in [1.82, 2.24) is 5.32 Å². The molecule has 0 bridgehead atoms. The lowest BCUT2D eigenvalue weighted by molar-refractivity contribution is -0.156. The molecule has 0 saturated carbocycles. The van der Waals surface area contributed by atoms with E-state index in [4.69, 9.17) is 4.74 Å². The van der Waals surface area contributed by atoms with Crippen molar-refractivity contribution in [3.63, 3.8) is 0 Å². The molecular formula is C28H53NO5. The maximum absolute atomic E-state index is 12.6. The third-order valence-corrected chi connectivity index (χ3v) is 6.37. The van der Waals surface area contributed by atoms with Crippen LogP contribution in [0.15, 0.2) is 0 Å². The van der Waals surface area contributed by atoms with Gasteiger partial charge in [-0.25, -0.2) is 4.79 Å². The first-order valence-electron chi connectivity index (χ1n) is 14.2. The van der Waals surface area contributed by atoms with Crippen molar-refractivity contribution in [2.45, 2.75) is 161 Å². The van der Waals surface area contributed by atoms with E-state index in [1.165, 1.54) is 70.6 Å². The molecule has 6 heteroatoms. The van der Waals surface area contributed by atoms with E-state index in [0.29, 0.717) is 12.8 Å². The first kappa shape index (κ1) is 32.4. The van der Waals surface area contributed by atoms with E-state index in [-0.39, 0.29) is 12.0 Å². The number of amides is 1. The summed E-state index contributed by atoms with van der Waals surface area (Å²) in [7, 11) is 0. The predicted molar refractivity (Wildman–Crippen MR) is 139 cm³/mol. The fourth-order valence-corrected chi connectivity index (χ4v) is 4.15. The average molecular weight is 484 g/mol. The molecule has 0 rings (SSSR count). The highest BCUT2D eigenvalue weighted by Crippen LogP contribution is 2.15. The molecule has 2 atom stereocenters. The van der Waals surface area contributed by atoms with Crippen molar-refractivity contribution >= 4 is 17.8 Å². The van der Waals surface area contributed by atoms with E-state index in [1.54, 1.807) is 0 Å². The van der Waals surface area contributed by atoms with Crippen molar-refractivity contribution in [2.75, 3.05) is 0 Å². The summed E-state index contributed by atoms with van der Waals surface area (Å²) in [5, 5.41) is 11.8. The molecule has 0 heterocycles. The zero-order chi connectivity index (χ0) is 25.4. The maximum atomic E-state index is 12.6. The number of carboxylic acids is 1. The summed E-state index contributed by atoms with van der Waals surface area (Å²) < 4.78 is 5.59. The number of unbranched alkanes of at least 4 members (excludes halogenated alkanes) is 14. The quantitative estimate of drug-likeness (QED) is 0.111. The van der Waals surface area contributed by atoms with Gasteiger partial charge in [-0.05, 0) is 25.7 Å². The van der Waals surface area contributed by atoms with Gasteiger partial charge < -0.3 is 15.2 Å². The van der Waals surface area contributed by atoms with Gasteiger partial charge in [0.1, 0.15) is 12.1 Å². The second-order valence-electron chi connectivity index (χ2n) is 9.67. The second-order valence-corrected chi connectivity index (χ2v) is 9.67. The predicted octanol–water partition coefficient (Wildman–Crippen LogP) is 7.33. The van der Waals surface area contributed by atoms with Crippen LogP contribution in [0, 0.1) is 0 Å². The number of carbonyl (C=O) groups excluding carboxylic acids is 2. The largest absolute Gasteiger partial charge is 0.481 e. The number of esters is 1. The Morgan fingerprint density at radius 1 is 0.706 bits per heavy atom. The molecule has 0 aromatic heterocycles. The number of ether oxygens (including phenoxy) is 1. The summed E-state index contributed by atoms with van der Waals surface area (Å²) >= 11 is 0. The van der Waals surface area contributed by atoms with E-state index in [9.17, 15) is 19.5 Å². The minimum absolute atomic E-state index is 0.228. The van der Waals surface area contributed by atoms with Crippen molar-refractivity contribution in [2.24, 2.45) is 0 Å². The highest BCUT2D eigenvalue weighted by molar-refractivity contribution is 5.87. The van der Waals surface area contributed by atoms with Crippen molar-refractivity contribution in [3.8, 4) is 0 Å². The Morgan fingerprint density at radius 3 is 1.65 bits per heavy atom. The fourth-order valence-electron chi connectivity index (χ4n) is 4.15. The number of carbonyl (C=O) groups is 3. The molecule has 1 amide bonds. The number of carboxylic acid groups (broad SMARTS) is 1. The van der Waals surface area contributed by atoms with Crippen LogP contribution in [0.25, 0.3) is 0 Å². The molecule has 0 radical (unpaired) electrons. The average Bonchev–Trinajstić information content (AvgIpc) is 2.80. The van der Waals surface area contributed by atoms with E-state index >= 15 is 0 Å². The minimum atomic E-state index is -1.12. The number of aliphatic carboxylic acids is 1. The lowest BCUT2D eigenvalue weighted by Crippen LogP contribution is -2.44. The van der Waals surface area contributed by atoms with E-state index in [0.717, 1.165) is 38.5 Å². The highest BCUT2D eigenvalue weighted by Gasteiger charge is 2.27. The summed E-state index contributed by atoms with van der Waals surface area (Å²) in [5.41, 5.74) is 0. The Labute approximate surface area is 209 Å². The van der Waals surface area contributed by atoms with Crippen molar-refractivity contribution in [1.29, 1.82) is 0 Å².